The number of aromatic nitrogens is 1. The molecule has 1 N–H and O–H groups in total. The number of fused-ring (bicyclic) bond motifs is 1. The number of rotatable bonds is 6. The highest BCUT2D eigenvalue weighted by atomic mass is 16.5. The molecular formula is C22H29N3O3. The van der Waals surface area contributed by atoms with E-state index >= 15 is 0 Å². The van der Waals surface area contributed by atoms with Crippen LogP contribution < -0.4 is 5.32 Å². The summed E-state index contributed by atoms with van der Waals surface area (Å²) in [6, 6.07) is 9.65. The minimum Gasteiger partial charge on any atom is -0.369 e. The van der Waals surface area contributed by atoms with Crippen LogP contribution in [0.3, 0.4) is 0 Å². The van der Waals surface area contributed by atoms with Crippen molar-refractivity contribution in [1.29, 1.82) is 0 Å². The molecule has 1 saturated heterocycles. The molecule has 0 radical (unpaired) electrons. The molecule has 6 nitrogen and oxygen atoms in total. The highest BCUT2D eigenvalue weighted by Crippen LogP contribution is 2.29. The monoisotopic (exact) mass is 383 g/mol. The summed E-state index contributed by atoms with van der Waals surface area (Å²) in [6.07, 6.45) is 0.871. The Labute approximate surface area is 166 Å². The van der Waals surface area contributed by atoms with Crippen molar-refractivity contribution in [2.24, 2.45) is 0 Å². The van der Waals surface area contributed by atoms with E-state index in [1.54, 1.807) is 0 Å². The summed E-state index contributed by atoms with van der Waals surface area (Å²) < 4.78 is 5.44. The van der Waals surface area contributed by atoms with Crippen molar-refractivity contribution in [1.82, 2.24) is 15.2 Å². The van der Waals surface area contributed by atoms with Crippen molar-refractivity contribution in [3.05, 3.63) is 41.6 Å². The maximum absolute atomic E-state index is 12.7. The molecule has 0 aliphatic carbocycles. The summed E-state index contributed by atoms with van der Waals surface area (Å²) in [7, 11) is 0. The summed E-state index contributed by atoms with van der Waals surface area (Å²) >= 11 is 0. The van der Waals surface area contributed by atoms with Gasteiger partial charge in [-0.3, -0.25) is 14.6 Å². The van der Waals surface area contributed by atoms with Gasteiger partial charge < -0.3 is 15.0 Å². The van der Waals surface area contributed by atoms with Gasteiger partial charge in [-0.2, -0.15) is 0 Å². The maximum Gasteiger partial charge on any atom is 0.252 e. The van der Waals surface area contributed by atoms with Crippen LogP contribution in [0.25, 0.3) is 10.9 Å². The Hall–Kier alpha value is -2.47. The van der Waals surface area contributed by atoms with Crippen molar-refractivity contribution in [3.63, 3.8) is 0 Å². The summed E-state index contributed by atoms with van der Waals surface area (Å²) in [4.78, 5) is 31.7. The Balaban J connectivity index is 1.83. The zero-order chi connectivity index (χ0) is 20.3. The first-order valence-corrected chi connectivity index (χ1v) is 9.95. The molecule has 28 heavy (non-hydrogen) atoms. The van der Waals surface area contributed by atoms with Gasteiger partial charge in [-0.1, -0.05) is 18.2 Å². The Kier molecular flexibility index (Phi) is 6.29. The molecule has 6 heteroatoms. The molecule has 2 heterocycles. The summed E-state index contributed by atoms with van der Waals surface area (Å²) in [5.41, 5.74) is 2.32. The molecule has 150 valence electrons. The molecular weight excluding hydrogens is 354 g/mol. The van der Waals surface area contributed by atoms with E-state index in [4.69, 9.17) is 9.72 Å². The minimum absolute atomic E-state index is 0.00904. The number of amides is 2. The molecule has 0 saturated carbocycles. The fourth-order valence-electron chi connectivity index (χ4n) is 3.49. The van der Waals surface area contributed by atoms with Gasteiger partial charge in [0.25, 0.3) is 5.91 Å². The van der Waals surface area contributed by atoms with Crippen LogP contribution in [0.2, 0.25) is 0 Å². The van der Waals surface area contributed by atoms with Crippen LogP contribution in [0.15, 0.2) is 30.3 Å². The summed E-state index contributed by atoms with van der Waals surface area (Å²) in [6.45, 7) is 9.14. The third-order valence-corrected chi connectivity index (χ3v) is 4.90. The van der Waals surface area contributed by atoms with Crippen LogP contribution in [-0.4, -0.2) is 53.5 Å². The smallest absolute Gasteiger partial charge is 0.252 e. The molecule has 2 amide bonds. The molecule has 0 bridgehead atoms. The number of hydrogen-bond acceptors (Lipinski definition) is 4. The largest absolute Gasteiger partial charge is 0.369 e. The second-order valence-electron chi connectivity index (χ2n) is 7.93. The molecule has 2 aromatic rings. The highest BCUT2D eigenvalue weighted by Gasteiger charge is 2.29. The zero-order valence-corrected chi connectivity index (χ0v) is 17.1. The lowest BCUT2D eigenvalue weighted by molar-refractivity contribution is -0.136. The van der Waals surface area contributed by atoms with Gasteiger partial charge in [0.05, 0.1) is 17.2 Å². The Bertz CT molecular complexity index is 863. The standard InChI is InChI=1S/C22H29N3O3/c1-14(2)23-22(27)18-11-20(24-19-8-6-5-7-17(18)19)16-9-10-25(12-16)21(26)13-28-15(3)4/h5-8,11,14-16H,9-10,12-13H2,1-4H3,(H,23,27)/t16-/m1/s1. The van der Waals surface area contributed by atoms with Gasteiger partial charge in [-0.25, -0.2) is 0 Å². The molecule has 3 rings (SSSR count). The molecule has 1 aliphatic heterocycles. The number of pyridine rings is 1. The van der Waals surface area contributed by atoms with Crippen LogP contribution in [-0.2, 0) is 9.53 Å². The van der Waals surface area contributed by atoms with E-state index in [1.165, 1.54) is 0 Å². The van der Waals surface area contributed by atoms with Gasteiger partial charge in [0.1, 0.15) is 6.61 Å². The number of benzene rings is 1. The predicted molar refractivity (Wildman–Crippen MR) is 109 cm³/mol. The van der Waals surface area contributed by atoms with Crippen molar-refractivity contribution in [2.45, 2.75) is 52.2 Å². The average molecular weight is 383 g/mol. The minimum atomic E-state index is -0.0916. The quantitative estimate of drug-likeness (QED) is 0.832. The number of nitrogens with one attached hydrogen (secondary N) is 1. The van der Waals surface area contributed by atoms with Crippen molar-refractivity contribution in [3.8, 4) is 0 Å². The van der Waals surface area contributed by atoms with Gasteiger partial charge >= 0.3 is 0 Å². The third-order valence-electron chi connectivity index (χ3n) is 4.90. The van der Waals surface area contributed by atoms with E-state index < -0.39 is 0 Å². The molecule has 0 unspecified atom stereocenters. The molecule has 1 fully saturated rings. The zero-order valence-electron chi connectivity index (χ0n) is 17.1. The number of carbonyl (C=O) groups excluding carboxylic acids is 2. The lowest BCUT2D eigenvalue weighted by Gasteiger charge is -2.18. The number of ether oxygens (including phenoxy) is 1. The Morgan fingerprint density at radius 2 is 2.00 bits per heavy atom. The van der Waals surface area contributed by atoms with Crippen LogP contribution in [0.4, 0.5) is 0 Å². The molecule has 1 aromatic carbocycles. The summed E-state index contributed by atoms with van der Waals surface area (Å²) in [5, 5.41) is 3.82. The van der Waals surface area contributed by atoms with Gasteiger partial charge in [0, 0.05) is 36.1 Å². The van der Waals surface area contributed by atoms with Crippen LogP contribution in [0, 0.1) is 0 Å². The normalized spacial score (nSPS) is 16.9. The van der Waals surface area contributed by atoms with Gasteiger partial charge in [0.2, 0.25) is 5.91 Å². The number of likely N-dealkylation sites (tertiary alicyclic amines) is 1. The van der Waals surface area contributed by atoms with Crippen LogP contribution in [0.1, 0.15) is 56.1 Å². The average Bonchev–Trinajstić information content (AvgIpc) is 3.15. The fraction of sp³-hybridized carbons (Fsp3) is 0.500. The third kappa shape index (κ3) is 4.68. The van der Waals surface area contributed by atoms with Gasteiger partial charge in [-0.15, -0.1) is 0 Å². The van der Waals surface area contributed by atoms with E-state index in [0.29, 0.717) is 18.7 Å². The molecule has 1 atom stereocenters. The predicted octanol–water partition coefficient (Wildman–Crippen LogP) is 3.11. The second kappa shape index (κ2) is 8.69. The highest BCUT2D eigenvalue weighted by molar-refractivity contribution is 6.06. The number of para-hydroxylation sites is 1. The van der Waals surface area contributed by atoms with E-state index in [2.05, 4.69) is 5.32 Å². The lowest BCUT2D eigenvalue weighted by Crippen LogP contribution is -2.32. The van der Waals surface area contributed by atoms with E-state index in [0.717, 1.165) is 23.0 Å². The maximum atomic E-state index is 12.7. The van der Waals surface area contributed by atoms with Crippen LogP contribution >= 0.6 is 0 Å². The molecule has 1 aliphatic rings. The Morgan fingerprint density at radius 3 is 2.71 bits per heavy atom. The van der Waals surface area contributed by atoms with Crippen LogP contribution in [0.5, 0.6) is 0 Å². The molecule has 1 aromatic heterocycles. The van der Waals surface area contributed by atoms with E-state index in [-0.39, 0.29) is 36.5 Å². The first-order valence-electron chi connectivity index (χ1n) is 9.95. The Morgan fingerprint density at radius 1 is 1.25 bits per heavy atom. The number of carbonyl (C=O) groups is 2. The SMILES string of the molecule is CC(C)NC(=O)c1cc([C@@H]2CCN(C(=O)COC(C)C)C2)nc2ccccc12. The number of hydrogen-bond donors (Lipinski definition) is 1. The van der Waals surface area contributed by atoms with Gasteiger partial charge in [0.15, 0.2) is 0 Å². The topological polar surface area (TPSA) is 71.5 Å². The van der Waals surface area contributed by atoms with E-state index in [1.807, 2.05) is 62.9 Å². The van der Waals surface area contributed by atoms with Crippen molar-refractivity contribution in [2.75, 3.05) is 19.7 Å². The first kappa shape index (κ1) is 20.3. The first-order chi connectivity index (χ1) is 13.3. The number of nitrogens with zero attached hydrogens (tertiary/aromatic N) is 2. The van der Waals surface area contributed by atoms with E-state index in [9.17, 15) is 9.59 Å². The van der Waals surface area contributed by atoms with Gasteiger partial charge in [-0.05, 0) is 46.2 Å². The summed E-state index contributed by atoms with van der Waals surface area (Å²) in [5.74, 6) is 0.0408. The van der Waals surface area contributed by atoms with Crippen molar-refractivity contribution >= 4 is 22.7 Å². The fourth-order valence-corrected chi connectivity index (χ4v) is 3.49. The van der Waals surface area contributed by atoms with Crippen molar-refractivity contribution < 1.29 is 14.3 Å². The lowest BCUT2D eigenvalue weighted by atomic mass is 9.99. The second-order valence-corrected chi connectivity index (χ2v) is 7.93. The molecule has 0 spiro atoms.